The lowest BCUT2D eigenvalue weighted by atomic mass is 10.3. The van der Waals surface area contributed by atoms with Gasteiger partial charge in [-0.15, -0.1) is 0 Å². The van der Waals surface area contributed by atoms with Gasteiger partial charge in [0.25, 0.3) is 0 Å². The van der Waals surface area contributed by atoms with Crippen molar-refractivity contribution in [2.24, 2.45) is 5.73 Å². The maximum atomic E-state index is 11.0. The van der Waals surface area contributed by atoms with Gasteiger partial charge in [-0.1, -0.05) is 6.92 Å². The molecule has 1 aromatic rings. The maximum Gasteiger partial charge on any atom is 0.333 e. The summed E-state index contributed by atoms with van der Waals surface area (Å²) in [6, 6.07) is 0. The van der Waals surface area contributed by atoms with E-state index in [9.17, 15) is 10.1 Å². The SMILES string of the molecule is CCCn1nc(C)c([N+](=O)[O-])c1NCCCN. The van der Waals surface area contributed by atoms with Crippen molar-refractivity contribution in [2.75, 3.05) is 18.4 Å². The first kappa shape index (κ1) is 13.4. The summed E-state index contributed by atoms with van der Waals surface area (Å²) in [5.74, 6) is 0.489. The van der Waals surface area contributed by atoms with Crippen LogP contribution in [-0.2, 0) is 6.54 Å². The van der Waals surface area contributed by atoms with E-state index in [-0.39, 0.29) is 10.6 Å². The molecule has 17 heavy (non-hydrogen) atoms. The van der Waals surface area contributed by atoms with E-state index in [1.54, 1.807) is 11.6 Å². The first-order chi connectivity index (χ1) is 8.11. The summed E-state index contributed by atoms with van der Waals surface area (Å²) in [5, 5.41) is 18.2. The van der Waals surface area contributed by atoms with Gasteiger partial charge >= 0.3 is 5.69 Å². The zero-order valence-corrected chi connectivity index (χ0v) is 10.3. The largest absolute Gasteiger partial charge is 0.364 e. The van der Waals surface area contributed by atoms with Crippen LogP contribution < -0.4 is 11.1 Å². The van der Waals surface area contributed by atoms with Crippen molar-refractivity contribution >= 4 is 11.5 Å². The molecule has 0 aliphatic carbocycles. The topological polar surface area (TPSA) is 99.0 Å². The molecule has 0 saturated heterocycles. The second-order valence-electron chi connectivity index (χ2n) is 3.83. The van der Waals surface area contributed by atoms with Crippen LogP contribution in [0.5, 0.6) is 0 Å². The average Bonchev–Trinajstić information content (AvgIpc) is 2.56. The van der Waals surface area contributed by atoms with Crippen LogP contribution in [0.3, 0.4) is 0 Å². The molecule has 96 valence electrons. The Bertz CT molecular complexity index is 388. The number of anilines is 1. The molecule has 0 atom stereocenters. The smallest absolute Gasteiger partial charge is 0.333 e. The Hall–Kier alpha value is -1.63. The van der Waals surface area contributed by atoms with Crippen molar-refractivity contribution in [2.45, 2.75) is 33.2 Å². The fraction of sp³-hybridized carbons (Fsp3) is 0.700. The predicted octanol–water partition coefficient (Wildman–Crippen LogP) is 1.27. The number of nitrogens with zero attached hydrogens (tertiary/aromatic N) is 3. The molecule has 0 bridgehead atoms. The standard InChI is InChI=1S/C10H19N5O2/c1-3-7-14-10(12-6-4-5-11)9(15(16)17)8(2)13-14/h12H,3-7,11H2,1-2H3. The molecule has 0 aromatic carbocycles. The second-order valence-corrected chi connectivity index (χ2v) is 3.83. The molecule has 0 spiro atoms. The zero-order valence-electron chi connectivity index (χ0n) is 10.3. The van der Waals surface area contributed by atoms with Gasteiger partial charge in [0.05, 0.1) is 4.92 Å². The number of nitrogens with one attached hydrogen (secondary N) is 1. The van der Waals surface area contributed by atoms with E-state index in [2.05, 4.69) is 10.4 Å². The van der Waals surface area contributed by atoms with E-state index in [4.69, 9.17) is 5.73 Å². The molecule has 3 N–H and O–H groups in total. The van der Waals surface area contributed by atoms with E-state index in [0.717, 1.165) is 12.8 Å². The van der Waals surface area contributed by atoms with Crippen LogP contribution in [0, 0.1) is 17.0 Å². The lowest BCUT2D eigenvalue weighted by Crippen LogP contribution is -2.13. The third-order valence-corrected chi connectivity index (χ3v) is 2.39. The summed E-state index contributed by atoms with van der Waals surface area (Å²) in [4.78, 5) is 10.6. The van der Waals surface area contributed by atoms with Gasteiger partial charge in [-0.2, -0.15) is 5.10 Å². The second kappa shape index (κ2) is 6.19. The minimum Gasteiger partial charge on any atom is -0.364 e. The van der Waals surface area contributed by atoms with Gasteiger partial charge in [-0.3, -0.25) is 10.1 Å². The highest BCUT2D eigenvalue weighted by molar-refractivity contribution is 5.59. The number of aryl methyl sites for hydroxylation is 2. The van der Waals surface area contributed by atoms with E-state index < -0.39 is 0 Å². The maximum absolute atomic E-state index is 11.0. The summed E-state index contributed by atoms with van der Waals surface area (Å²) in [6.07, 6.45) is 1.65. The van der Waals surface area contributed by atoms with Gasteiger partial charge in [0.2, 0.25) is 5.82 Å². The molecule has 0 fully saturated rings. The minimum absolute atomic E-state index is 0.0653. The molecule has 0 amide bonds. The zero-order chi connectivity index (χ0) is 12.8. The summed E-state index contributed by atoms with van der Waals surface area (Å²) < 4.78 is 1.66. The lowest BCUT2D eigenvalue weighted by Gasteiger charge is -2.07. The molecule has 7 heteroatoms. The fourth-order valence-electron chi connectivity index (χ4n) is 1.65. The third kappa shape index (κ3) is 3.16. The van der Waals surface area contributed by atoms with E-state index in [1.165, 1.54) is 0 Å². The van der Waals surface area contributed by atoms with Gasteiger partial charge < -0.3 is 11.1 Å². The van der Waals surface area contributed by atoms with Crippen LogP contribution in [0.1, 0.15) is 25.5 Å². The quantitative estimate of drug-likeness (QED) is 0.425. The summed E-state index contributed by atoms with van der Waals surface area (Å²) >= 11 is 0. The Balaban J connectivity index is 2.98. The van der Waals surface area contributed by atoms with Gasteiger partial charge in [0.15, 0.2) is 0 Å². The Morgan fingerprint density at radius 3 is 2.82 bits per heavy atom. The predicted molar refractivity (Wildman–Crippen MR) is 66.1 cm³/mol. The third-order valence-electron chi connectivity index (χ3n) is 2.39. The molecule has 1 heterocycles. The van der Waals surface area contributed by atoms with Gasteiger partial charge in [0, 0.05) is 13.1 Å². The van der Waals surface area contributed by atoms with E-state index in [0.29, 0.717) is 31.1 Å². The van der Waals surface area contributed by atoms with Crippen molar-refractivity contribution in [3.63, 3.8) is 0 Å². The van der Waals surface area contributed by atoms with Crippen molar-refractivity contribution in [1.82, 2.24) is 9.78 Å². The lowest BCUT2D eigenvalue weighted by molar-refractivity contribution is -0.384. The van der Waals surface area contributed by atoms with Crippen LogP contribution in [0.25, 0.3) is 0 Å². The van der Waals surface area contributed by atoms with Gasteiger partial charge in [-0.25, -0.2) is 4.68 Å². The fourth-order valence-corrected chi connectivity index (χ4v) is 1.65. The van der Waals surface area contributed by atoms with Crippen LogP contribution in [0.15, 0.2) is 0 Å². The molecular formula is C10H19N5O2. The number of nitrogens with two attached hydrogens (primary N) is 1. The Kier molecular flexibility index (Phi) is 4.89. The van der Waals surface area contributed by atoms with Crippen LogP contribution in [0.4, 0.5) is 11.5 Å². The van der Waals surface area contributed by atoms with Crippen LogP contribution in [0.2, 0.25) is 0 Å². The molecule has 0 unspecified atom stereocenters. The Morgan fingerprint density at radius 1 is 1.59 bits per heavy atom. The molecule has 0 saturated carbocycles. The highest BCUT2D eigenvalue weighted by atomic mass is 16.6. The molecule has 1 aromatic heterocycles. The Labute approximate surface area is 100 Å². The molecule has 0 aliphatic rings. The van der Waals surface area contributed by atoms with Crippen molar-refractivity contribution in [1.29, 1.82) is 0 Å². The number of hydrogen-bond acceptors (Lipinski definition) is 5. The van der Waals surface area contributed by atoms with Crippen molar-refractivity contribution < 1.29 is 4.92 Å². The molecule has 0 aliphatic heterocycles. The normalized spacial score (nSPS) is 10.5. The molecule has 1 rings (SSSR count). The first-order valence-corrected chi connectivity index (χ1v) is 5.77. The summed E-state index contributed by atoms with van der Waals surface area (Å²) in [7, 11) is 0. The number of rotatable bonds is 7. The molecule has 7 nitrogen and oxygen atoms in total. The number of aromatic nitrogens is 2. The van der Waals surface area contributed by atoms with Crippen LogP contribution in [-0.4, -0.2) is 27.8 Å². The highest BCUT2D eigenvalue weighted by Crippen LogP contribution is 2.28. The summed E-state index contributed by atoms with van der Waals surface area (Å²) in [6.45, 7) is 5.50. The summed E-state index contributed by atoms with van der Waals surface area (Å²) in [5.41, 5.74) is 5.90. The monoisotopic (exact) mass is 241 g/mol. The highest BCUT2D eigenvalue weighted by Gasteiger charge is 2.24. The first-order valence-electron chi connectivity index (χ1n) is 5.77. The minimum atomic E-state index is -0.390. The molecular weight excluding hydrogens is 222 g/mol. The van der Waals surface area contributed by atoms with Crippen LogP contribution >= 0.6 is 0 Å². The van der Waals surface area contributed by atoms with E-state index >= 15 is 0 Å². The van der Waals surface area contributed by atoms with Gasteiger partial charge in [0.1, 0.15) is 5.69 Å². The number of hydrogen-bond donors (Lipinski definition) is 2. The average molecular weight is 241 g/mol. The molecule has 0 radical (unpaired) electrons. The number of nitro groups is 1. The van der Waals surface area contributed by atoms with Crippen molar-refractivity contribution in [3.8, 4) is 0 Å². The van der Waals surface area contributed by atoms with E-state index in [1.807, 2.05) is 6.92 Å². The Morgan fingerprint density at radius 2 is 2.29 bits per heavy atom. The van der Waals surface area contributed by atoms with Crippen molar-refractivity contribution in [3.05, 3.63) is 15.8 Å². The van der Waals surface area contributed by atoms with Gasteiger partial charge in [-0.05, 0) is 26.3 Å².